The van der Waals surface area contributed by atoms with E-state index in [0.29, 0.717) is 16.7 Å². The summed E-state index contributed by atoms with van der Waals surface area (Å²) in [5.74, 6) is 0.209. The lowest BCUT2D eigenvalue weighted by atomic mass is 9.98. The summed E-state index contributed by atoms with van der Waals surface area (Å²) in [5.41, 5.74) is -1.50. The van der Waals surface area contributed by atoms with E-state index < -0.39 is 50.5 Å². The maximum Gasteiger partial charge on any atom is 0.459 e. The minimum Gasteiger partial charge on any atom is -0.479 e. The Kier molecular flexibility index (Phi) is 9.01. The number of nitrogens with zero attached hydrogens (tertiary/aromatic N) is 4. The van der Waals surface area contributed by atoms with Crippen molar-refractivity contribution in [3.8, 4) is 11.6 Å². The Bertz CT molecular complexity index is 1780. The van der Waals surface area contributed by atoms with Gasteiger partial charge in [0.05, 0.1) is 20.0 Å². The monoisotopic (exact) mass is 657 g/mol. The van der Waals surface area contributed by atoms with Crippen LogP contribution in [0.5, 0.6) is 11.6 Å². The number of aromatic nitrogens is 4. The number of imidazole rings is 1. The number of methoxy groups -OCH3 is 1. The van der Waals surface area contributed by atoms with E-state index in [9.17, 15) is 14.5 Å². The van der Waals surface area contributed by atoms with Gasteiger partial charge in [0.25, 0.3) is 0 Å². The predicted octanol–water partition coefficient (Wildman–Crippen LogP) is 4.95. The Morgan fingerprint density at radius 1 is 1.22 bits per heavy atom. The third kappa shape index (κ3) is 6.32. The molecular formula is C31H37FN5O8P. The summed E-state index contributed by atoms with van der Waals surface area (Å²) < 4.78 is 60.3. The number of aryl methyl sites for hydroxylation is 1. The first kappa shape index (κ1) is 32.3. The number of hydrogen-bond acceptors (Lipinski definition) is 11. The number of alkyl halides is 1. The van der Waals surface area contributed by atoms with Gasteiger partial charge >= 0.3 is 13.7 Å². The molecule has 1 aliphatic heterocycles. The van der Waals surface area contributed by atoms with E-state index in [0.717, 1.165) is 31.1 Å². The lowest BCUT2D eigenvalue weighted by Crippen LogP contribution is -2.42. The van der Waals surface area contributed by atoms with Crippen molar-refractivity contribution < 1.29 is 42.1 Å². The fourth-order valence-electron chi connectivity index (χ4n) is 5.89. The number of halogens is 1. The molecule has 1 saturated carbocycles. The molecule has 2 N–H and O–H groups in total. The van der Waals surface area contributed by atoms with E-state index in [1.165, 1.54) is 31.9 Å². The number of fused-ring (bicyclic) bond motifs is 2. The van der Waals surface area contributed by atoms with Gasteiger partial charge in [-0.2, -0.15) is 10.1 Å². The minimum absolute atomic E-state index is 0.206. The third-order valence-corrected chi connectivity index (χ3v) is 9.93. The van der Waals surface area contributed by atoms with Crippen LogP contribution in [0.1, 0.15) is 51.6 Å². The highest BCUT2D eigenvalue weighted by Crippen LogP contribution is 2.49. The summed E-state index contributed by atoms with van der Waals surface area (Å²) >= 11 is 0. The van der Waals surface area contributed by atoms with Crippen LogP contribution in [0.25, 0.3) is 21.9 Å². The standard InChI is InChI=1S/C31H37FN5O8P/c1-18(29(38)43-21-12-6-7-13-21)36-46(40,45-23-15-9-11-20-10-5-8-14-22(20)23)42-16-24-26(32)31(3,39)30(44-24)37-17-33-25-27(37)34-19(2)35-28(25)41-4/h5,8-11,14-15,17-18,21,24,26,30,39H,6-7,12-13,16H2,1-4H3,(H,36,40)/t18-,24+,26+,30+,31+,46?/m0/s1. The molecule has 2 fully saturated rings. The van der Waals surface area contributed by atoms with Crippen molar-refractivity contribution in [2.45, 2.75) is 82.7 Å². The van der Waals surface area contributed by atoms with Crippen LogP contribution in [0.3, 0.4) is 0 Å². The average molecular weight is 658 g/mol. The Hall–Kier alpha value is -3.68. The molecule has 2 aromatic heterocycles. The number of rotatable bonds is 11. The molecule has 13 nitrogen and oxygen atoms in total. The minimum atomic E-state index is -4.39. The number of ether oxygens (including phenoxy) is 3. The molecule has 6 rings (SSSR count). The van der Waals surface area contributed by atoms with Gasteiger partial charge in [0, 0.05) is 5.39 Å². The molecule has 15 heteroatoms. The lowest BCUT2D eigenvalue weighted by Gasteiger charge is -2.26. The quantitative estimate of drug-likeness (QED) is 0.166. The van der Waals surface area contributed by atoms with E-state index >= 15 is 4.39 Å². The maximum absolute atomic E-state index is 15.9. The zero-order chi connectivity index (χ0) is 32.6. The number of carbonyl (C=O) groups is 1. The number of esters is 1. The van der Waals surface area contributed by atoms with Gasteiger partial charge < -0.3 is 23.8 Å². The van der Waals surface area contributed by atoms with Crippen LogP contribution in [-0.4, -0.2) is 74.3 Å². The molecule has 0 spiro atoms. The second kappa shape index (κ2) is 12.8. The first-order valence-electron chi connectivity index (χ1n) is 15.2. The molecule has 0 amide bonds. The maximum atomic E-state index is 15.9. The highest BCUT2D eigenvalue weighted by molar-refractivity contribution is 7.52. The largest absolute Gasteiger partial charge is 0.479 e. The van der Waals surface area contributed by atoms with E-state index in [4.69, 9.17) is 23.3 Å². The zero-order valence-electron chi connectivity index (χ0n) is 26.0. The van der Waals surface area contributed by atoms with Crippen LogP contribution in [0.15, 0.2) is 48.8 Å². The topological polar surface area (TPSA) is 156 Å². The Morgan fingerprint density at radius 2 is 1.96 bits per heavy atom. The van der Waals surface area contributed by atoms with Crippen LogP contribution < -0.4 is 14.3 Å². The molecule has 1 aliphatic carbocycles. The molecule has 4 aromatic rings. The van der Waals surface area contributed by atoms with E-state index in [1.54, 1.807) is 31.2 Å². The van der Waals surface area contributed by atoms with Gasteiger partial charge in [-0.25, -0.2) is 18.9 Å². The number of carbonyl (C=O) groups excluding carboxylic acids is 1. The third-order valence-electron chi connectivity index (χ3n) is 8.30. The molecule has 2 aromatic carbocycles. The van der Waals surface area contributed by atoms with Gasteiger partial charge in [0.1, 0.15) is 35.4 Å². The van der Waals surface area contributed by atoms with Crippen molar-refractivity contribution in [3.63, 3.8) is 0 Å². The Balaban J connectivity index is 1.25. The van der Waals surface area contributed by atoms with E-state index in [2.05, 4.69) is 20.0 Å². The van der Waals surface area contributed by atoms with E-state index in [-0.39, 0.29) is 23.4 Å². The van der Waals surface area contributed by atoms with Crippen LogP contribution in [0.2, 0.25) is 0 Å². The zero-order valence-corrected chi connectivity index (χ0v) is 26.9. The van der Waals surface area contributed by atoms with Gasteiger partial charge in [-0.05, 0) is 57.9 Å². The van der Waals surface area contributed by atoms with Crippen molar-refractivity contribution >= 4 is 35.7 Å². The second-order valence-corrected chi connectivity index (χ2v) is 13.5. The van der Waals surface area contributed by atoms with Gasteiger partial charge in [0.15, 0.2) is 23.6 Å². The summed E-state index contributed by atoms with van der Waals surface area (Å²) in [6, 6.07) is 11.5. The van der Waals surface area contributed by atoms with Crippen LogP contribution in [-0.2, 0) is 23.4 Å². The smallest absolute Gasteiger partial charge is 0.459 e. The highest BCUT2D eigenvalue weighted by atomic mass is 31.2. The number of nitrogens with one attached hydrogen (secondary N) is 1. The summed E-state index contributed by atoms with van der Waals surface area (Å²) in [7, 11) is -2.95. The van der Waals surface area contributed by atoms with Gasteiger partial charge in [-0.15, -0.1) is 0 Å². The summed E-state index contributed by atoms with van der Waals surface area (Å²) in [6.07, 6.45) is -0.0546. The molecule has 2 aliphatic rings. The van der Waals surface area contributed by atoms with Crippen molar-refractivity contribution in [3.05, 3.63) is 54.6 Å². The summed E-state index contributed by atoms with van der Waals surface area (Å²) in [4.78, 5) is 25.8. The van der Waals surface area contributed by atoms with Crippen LogP contribution >= 0.6 is 7.75 Å². The van der Waals surface area contributed by atoms with Crippen LogP contribution in [0, 0.1) is 6.92 Å². The molecule has 46 heavy (non-hydrogen) atoms. The first-order valence-corrected chi connectivity index (χ1v) is 16.7. The summed E-state index contributed by atoms with van der Waals surface area (Å²) in [6.45, 7) is 3.83. The SMILES string of the molecule is COc1nc(C)nc2c1ncn2[C@@H]1O[C@H](COP(=O)(N[C@@H](C)C(=O)OC2CCCC2)Oc2cccc3ccccc23)[C@@H](F)[C@@]1(C)O. The predicted molar refractivity (Wildman–Crippen MR) is 165 cm³/mol. The molecule has 0 radical (unpaired) electrons. The van der Waals surface area contributed by atoms with Crippen molar-refractivity contribution in [1.29, 1.82) is 0 Å². The molecule has 6 atom stereocenters. The second-order valence-electron chi connectivity index (χ2n) is 11.8. The number of aliphatic hydroxyl groups is 1. The van der Waals surface area contributed by atoms with Gasteiger partial charge in [-0.3, -0.25) is 13.9 Å². The molecule has 246 valence electrons. The molecular weight excluding hydrogens is 620 g/mol. The first-order chi connectivity index (χ1) is 22.0. The number of benzene rings is 2. The summed E-state index contributed by atoms with van der Waals surface area (Å²) in [5, 5.41) is 15.5. The Morgan fingerprint density at radius 3 is 2.72 bits per heavy atom. The van der Waals surface area contributed by atoms with Crippen LogP contribution in [0.4, 0.5) is 4.39 Å². The Labute approximate surface area is 265 Å². The molecule has 1 saturated heterocycles. The normalized spacial score (nSPS) is 25.5. The lowest BCUT2D eigenvalue weighted by molar-refractivity contribution is -0.150. The van der Waals surface area contributed by atoms with E-state index in [1.807, 2.05) is 18.2 Å². The molecule has 1 unspecified atom stereocenters. The van der Waals surface area contributed by atoms with Crippen molar-refractivity contribution in [1.82, 2.24) is 24.6 Å². The van der Waals surface area contributed by atoms with Gasteiger partial charge in [-0.1, -0.05) is 36.4 Å². The van der Waals surface area contributed by atoms with Crippen molar-refractivity contribution in [2.75, 3.05) is 13.7 Å². The highest BCUT2D eigenvalue weighted by Gasteiger charge is 2.55. The molecule has 0 bridgehead atoms. The van der Waals surface area contributed by atoms with Crippen molar-refractivity contribution in [2.24, 2.45) is 0 Å². The van der Waals surface area contributed by atoms with Gasteiger partial charge in [0.2, 0.25) is 5.88 Å². The average Bonchev–Trinajstić information content (AvgIpc) is 3.75. The number of hydrogen-bond donors (Lipinski definition) is 2. The fourth-order valence-corrected chi connectivity index (χ4v) is 7.41. The molecule has 3 heterocycles. The fraction of sp³-hybridized carbons (Fsp3) is 0.484.